The molecule has 4 rings (SSSR count). The number of benzene rings is 3. The van der Waals surface area contributed by atoms with Crippen LogP contribution in [-0.4, -0.2) is 74.2 Å². The molecular weight excluding hydrogens is 570 g/mol. The van der Waals surface area contributed by atoms with E-state index in [9.17, 15) is 31.9 Å². The second-order valence-corrected chi connectivity index (χ2v) is 11.9. The molecule has 1 aliphatic rings. The Hall–Kier alpha value is -4.23. The lowest BCUT2D eigenvalue weighted by Crippen LogP contribution is -2.50. The number of fused-ring (bicyclic) bond motifs is 1. The maximum atomic E-state index is 13.6. The van der Waals surface area contributed by atoms with Crippen LogP contribution in [0.5, 0.6) is 5.75 Å². The van der Waals surface area contributed by atoms with Gasteiger partial charge in [-0.3, -0.25) is 9.52 Å². The number of rotatable bonds is 8. The third kappa shape index (κ3) is 7.15. The topological polar surface area (TPSA) is 128 Å². The van der Waals surface area contributed by atoms with E-state index in [-0.39, 0.29) is 47.5 Å². The third-order valence-electron chi connectivity index (χ3n) is 6.94. The van der Waals surface area contributed by atoms with Crippen LogP contribution in [0, 0.1) is 17.6 Å². The fourth-order valence-electron chi connectivity index (χ4n) is 4.44. The summed E-state index contributed by atoms with van der Waals surface area (Å²) in [5.41, 5.74) is 0.548. The molecule has 3 N–H and O–H groups in total. The first kappa shape index (κ1) is 30.7. The normalized spacial score (nSPS) is 17.8. The molecule has 0 radical (unpaired) electrons. The van der Waals surface area contributed by atoms with Gasteiger partial charge in [-0.05, 0) is 73.7 Å². The highest BCUT2D eigenvalue weighted by Crippen LogP contribution is 2.31. The molecule has 3 aromatic carbocycles. The lowest BCUT2D eigenvalue weighted by molar-refractivity contribution is 0.0371. The van der Waals surface area contributed by atoms with E-state index < -0.39 is 45.7 Å². The summed E-state index contributed by atoms with van der Waals surface area (Å²) in [5, 5.41) is 12.6. The summed E-state index contributed by atoms with van der Waals surface area (Å²) < 4.78 is 60.9. The van der Waals surface area contributed by atoms with Crippen LogP contribution < -0.4 is 14.8 Å². The van der Waals surface area contributed by atoms with Gasteiger partial charge in [-0.25, -0.2) is 22.0 Å². The highest BCUT2D eigenvalue weighted by atomic mass is 32.2. The third-order valence-corrected chi connectivity index (χ3v) is 8.33. The van der Waals surface area contributed by atoms with E-state index in [1.807, 2.05) is 6.92 Å². The summed E-state index contributed by atoms with van der Waals surface area (Å²) in [5.74, 6) is -1.60. The molecule has 0 aliphatic carbocycles. The molecule has 0 aromatic heterocycles. The number of anilines is 2. The number of hydrogen-bond donors (Lipinski definition) is 3. The van der Waals surface area contributed by atoms with Crippen LogP contribution in [0.3, 0.4) is 0 Å². The number of halogens is 2. The molecule has 1 heterocycles. The predicted molar refractivity (Wildman–Crippen MR) is 153 cm³/mol. The zero-order valence-electron chi connectivity index (χ0n) is 23.3. The first-order valence-corrected chi connectivity index (χ1v) is 14.6. The average Bonchev–Trinajstić information content (AvgIpc) is 2.96. The summed E-state index contributed by atoms with van der Waals surface area (Å²) in [7, 11) is -2.52. The van der Waals surface area contributed by atoms with E-state index in [4.69, 9.17) is 4.74 Å². The quantitative estimate of drug-likeness (QED) is 0.356. The summed E-state index contributed by atoms with van der Waals surface area (Å²) in [6.45, 7) is 3.53. The van der Waals surface area contributed by atoms with Gasteiger partial charge in [0, 0.05) is 30.9 Å². The van der Waals surface area contributed by atoms with Gasteiger partial charge in [-0.2, -0.15) is 0 Å². The van der Waals surface area contributed by atoms with Gasteiger partial charge >= 0.3 is 6.03 Å². The molecule has 0 saturated carbocycles. The van der Waals surface area contributed by atoms with Crippen molar-refractivity contribution in [1.82, 2.24) is 9.80 Å². The van der Waals surface area contributed by atoms with E-state index in [2.05, 4.69) is 10.0 Å². The number of hydrogen-bond acceptors (Lipinski definition) is 6. The highest BCUT2D eigenvalue weighted by Gasteiger charge is 2.34. The van der Waals surface area contributed by atoms with Crippen molar-refractivity contribution in [1.29, 1.82) is 0 Å². The van der Waals surface area contributed by atoms with Gasteiger partial charge in [-0.15, -0.1) is 0 Å². The molecule has 13 heteroatoms. The van der Waals surface area contributed by atoms with Crippen LogP contribution in [0.2, 0.25) is 0 Å². The molecule has 0 fully saturated rings. The molecule has 1 aliphatic heterocycles. The molecule has 0 unspecified atom stereocenters. The van der Waals surface area contributed by atoms with Gasteiger partial charge in [0.2, 0.25) is 0 Å². The van der Waals surface area contributed by atoms with Crippen molar-refractivity contribution in [2.45, 2.75) is 30.9 Å². The number of sulfonamides is 1. The average molecular weight is 603 g/mol. The first-order chi connectivity index (χ1) is 19.9. The number of nitrogens with one attached hydrogen (secondary N) is 2. The molecule has 42 heavy (non-hydrogen) atoms. The van der Waals surface area contributed by atoms with Crippen molar-refractivity contribution in [3.8, 4) is 5.75 Å². The zero-order chi connectivity index (χ0) is 30.6. The Morgan fingerprint density at radius 3 is 2.29 bits per heavy atom. The van der Waals surface area contributed by atoms with Gasteiger partial charge in [0.15, 0.2) is 0 Å². The number of ether oxygens (including phenoxy) is 1. The van der Waals surface area contributed by atoms with E-state index in [1.54, 1.807) is 14.0 Å². The van der Waals surface area contributed by atoms with Crippen molar-refractivity contribution < 1.29 is 36.6 Å². The summed E-state index contributed by atoms with van der Waals surface area (Å²) in [4.78, 5) is 29.2. The van der Waals surface area contributed by atoms with E-state index in [0.29, 0.717) is 5.69 Å². The Bertz CT molecular complexity index is 1540. The number of aliphatic hydroxyl groups excluding tert-OH is 1. The fraction of sp³-hybridized carbons (Fsp3) is 0.310. The molecule has 3 amide bonds. The number of likely N-dealkylation sites (N-methyl/N-ethyl adjacent to an activating group) is 1. The molecular formula is C29H32F2N4O6S. The Labute approximate surface area is 242 Å². The van der Waals surface area contributed by atoms with Crippen molar-refractivity contribution >= 4 is 33.3 Å². The van der Waals surface area contributed by atoms with Crippen LogP contribution in [0.4, 0.5) is 25.0 Å². The highest BCUT2D eigenvalue weighted by molar-refractivity contribution is 7.92. The van der Waals surface area contributed by atoms with Crippen LogP contribution in [0.15, 0.2) is 71.6 Å². The Morgan fingerprint density at radius 2 is 1.67 bits per heavy atom. The zero-order valence-corrected chi connectivity index (χ0v) is 24.1. The maximum Gasteiger partial charge on any atom is 0.321 e. The van der Waals surface area contributed by atoms with E-state index >= 15 is 0 Å². The number of aliphatic hydroxyl groups is 1. The molecule has 0 spiro atoms. The van der Waals surface area contributed by atoms with Crippen molar-refractivity contribution in [3.63, 3.8) is 0 Å². The Kier molecular flexibility index (Phi) is 9.32. The minimum Gasteiger partial charge on any atom is -0.487 e. The van der Waals surface area contributed by atoms with Gasteiger partial charge < -0.3 is 25.0 Å². The Balaban J connectivity index is 1.61. The molecule has 3 atom stereocenters. The standard InChI is InChI=1S/C29H32F2N4O6S/c1-18-15-35(19(2)17-36)28(37)25-14-23(33-42(39,40)24-11-6-21(31)7-12-24)10-13-26(25)41-27(18)16-34(3)29(38)32-22-8-4-20(30)5-9-22/h4-14,18-19,27,33,36H,15-17H2,1-3H3,(H,32,38)/t18-,19-,27-/m1/s1. The van der Waals surface area contributed by atoms with Crippen LogP contribution in [0.25, 0.3) is 0 Å². The molecule has 0 saturated heterocycles. The summed E-state index contributed by atoms with van der Waals surface area (Å²) in [6, 6.07) is 12.9. The van der Waals surface area contributed by atoms with Crippen molar-refractivity contribution in [3.05, 3.63) is 83.9 Å². The second-order valence-electron chi connectivity index (χ2n) is 10.2. The summed E-state index contributed by atoms with van der Waals surface area (Å²) >= 11 is 0. The number of carbonyl (C=O) groups excluding carboxylic acids is 2. The molecule has 224 valence electrons. The lowest BCUT2D eigenvalue weighted by atomic mass is 9.99. The van der Waals surface area contributed by atoms with Crippen molar-refractivity contribution in [2.24, 2.45) is 5.92 Å². The Morgan fingerprint density at radius 1 is 1.07 bits per heavy atom. The van der Waals surface area contributed by atoms with E-state index in [0.717, 1.165) is 24.3 Å². The van der Waals surface area contributed by atoms with E-state index in [1.165, 1.54) is 52.3 Å². The SMILES string of the molecule is C[C@@H]1CN([C@H](C)CO)C(=O)c2cc(NS(=O)(=O)c3ccc(F)cc3)ccc2O[C@@H]1CN(C)C(=O)Nc1ccc(F)cc1. The largest absolute Gasteiger partial charge is 0.487 e. The van der Waals surface area contributed by atoms with Gasteiger partial charge in [-0.1, -0.05) is 6.92 Å². The van der Waals surface area contributed by atoms with Crippen LogP contribution >= 0.6 is 0 Å². The van der Waals surface area contributed by atoms with Crippen molar-refractivity contribution in [2.75, 3.05) is 36.8 Å². The van der Waals surface area contributed by atoms with Gasteiger partial charge in [0.05, 0.1) is 29.7 Å². The fourth-order valence-corrected chi connectivity index (χ4v) is 5.49. The number of nitrogens with zero attached hydrogens (tertiary/aromatic N) is 2. The van der Waals surface area contributed by atoms with Crippen LogP contribution in [0.1, 0.15) is 24.2 Å². The van der Waals surface area contributed by atoms with Gasteiger partial charge in [0.1, 0.15) is 23.5 Å². The minimum atomic E-state index is -4.09. The maximum absolute atomic E-state index is 13.6. The lowest BCUT2D eigenvalue weighted by Gasteiger charge is -2.38. The number of amides is 3. The minimum absolute atomic E-state index is 0.0601. The first-order valence-electron chi connectivity index (χ1n) is 13.2. The molecule has 3 aromatic rings. The molecule has 10 nitrogen and oxygen atoms in total. The second kappa shape index (κ2) is 12.7. The smallest absolute Gasteiger partial charge is 0.321 e. The predicted octanol–water partition coefficient (Wildman–Crippen LogP) is 4.15. The number of urea groups is 1. The number of carbonyl (C=O) groups is 2. The van der Waals surface area contributed by atoms with Gasteiger partial charge in [0.25, 0.3) is 15.9 Å². The molecule has 0 bridgehead atoms. The summed E-state index contributed by atoms with van der Waals surface area (Å²) in [6.07, 6.45) is -0.601. The monoisotopic (exact) mass is 602 g/mol. The van der Waals surface area contributed by atoms with Crippen LogP contribution in [-0.2, 0) is 10.0 Å².